The lowest BCUT2D eigenvalue weighted by Gasteiger charge is -1.89. The average Bonchev–Trinajstić information content (AvgIpc) is 2.84. The van der Waals surface area contributed by atoms with Crippen molar-refractivity contribution in [1.29, 1.82) is 0 Å². The molecule has 0 spiro atoms. The zero-order valence-electron chi connectivity index (χ0n) is 8.69. The van der Waals surface area contributed by atoms with Crippen LogP contribution in [-0.4, -0.2) is 15.2 Å². The Morgan fingerprint density at radius 2 is 2.25 bits per heavy atom. The first kappa shape index (κ1) is 8.96. The zero-order valence-corrected chi connectivity index (χ0v) is 8.69. The van der Waals surface area contributed by atoms with Crippen LogP contribution in [0.4, 0.5) is 5.82 Å². The van der Waals surface area contributed by atoms with E-state index in [1.165, 1.54) is 0 Å². The number of aromatic amines is 1. The van der Waals surface area contributed by atoms with Crippen LogP contribution in [0.3, 0.4) is 0 Å². The van der Waals surface area contributed by atoms with Crippen molar-refractivity contribution in [1.82, 2.24) is 15.2 Å². The number of hydrogen-bond acceptors (Lipinski definition) is 4. The van der Waals surface area contributed by atoms with Crippen LogP contribution in [0.1, 0.15) is 5.56 Å². The Labute approximate surface area is 91.3 Å². The minimum absolute atomic E-state index is 0.462. The molecule has 0 unspecified atom stereocenters. The van der Waals surface area contributed by atoms with Crippen molar-refractivity contribution < 1.29 is 4.42 Å². The highest BCUT2D eigenvalue weighted by Gasteiger charge is 2.13. The van der Waals surface area contributed by atoms with Crippen molar-refractivity contribution in [2.75, 3.05) is 5.73 Å². The summed E-state index contributed by atoms with van der Waals surface area (Å²) in [5.41, 5.74) is 9.10. The second-order valence-electron chi connectivity index (χ2n) is 3.64. The van der Waals surface area contributed by atoms with Gasteiger partial charge in [0.2, 0.25) is 5.89 Å². The van der Waals surface area contributed by atoms with Gasteiger partial charge >= 0.3 is 0 Å². The molecule has 2 aromatic heterocycles. The number of oxazole rings is 1. The summed E-state index contributed by atoms with van der Waals surface area (Å²) in [4.78, 5) is 4.41. The highest BCUT2D eigenvalue weighted by atomic mass is 16.3. The Kier molecular flexibility index (Phi) is 1.73. The van der Waals surface area contributed by atoms with Gasteiger partial charge in [0.15, 0.2) is 5.58 Å². The molecule has 0 bridgehead atoms. The summed E-state index contributed by atoms with van der Waals surface area (Å²) in [6, 6.07) is 5.81. The first-order chi connectivity index (χ1) is 7.75. The fraction of sp³-hybridized carbons (Fsp3) is 0.0909. The molecule has 3 rings (SSSR count). The van der Waals surface area contributed by atoms with E-state index in [9.17, 15) is 0 Å². The Hall–Kier alpha value is -2.30. The molecule has 5 nitrogen and oxygen atoms in total. The number of nitrogens with one attached hydrogen (secondary N) is 1. The van der Waals surface area contributed by atoms with Gasteiger partial charge in [-0.3, -0.25) is 5.10 Å². The quantitative estimate of drug-likeness (QED) is 0.650. The summed E-state index contributed by atoms with van der Waals surface area (Å²) >= 11 is 0. The summed E-state index contributed by atoms with van der Waals surface area (Å²) in [6.45, 7) is 1.99. The second-order valence-corrected chi connectivity index (χ2v) is 3.64. The first-order valence-electron chi connectivity index (χ1n) is 4.91. The number of nitrogen functional groups attached to an aromatic ring is 1. The van der Waals surface area contributed by atoms with Crippen LogP contribution in [0.5, 0.6) is 0 Å². The van der Waals surface area contributed by atoms with Gasteiger partial charge in [-0.15, -0.1) is 0 Å². The lowest BCUT2D eigenvalue weighted by Crippen LogP contribution is -1.87. The SMILES string of the molecule is Cc1cccc2oc(-c3cn[nH]c3N)nc12. The van der Waals surface area contributed by atoms with Crippen molar-refractivity contribution in [3.05, 3.63) is 30.0 Å². The Balaban J connectivity index is 2.27. The number of aryl methyl sites for hydroxylation is 1. The van der Waals surface area contributed by atoms with Gasteiger partial charge in [0.05, 0.1) is 11.8 Å². The van der Waals surface area contributed by atoms with Crippen molar-refractivity contribution in [3.63, 3.8) is 0 Å². The Bertz CT molecular complexity index is 653. The maximum Gasteiger partial charge on any atom is 0.232 e. The number of rotatable bonds is 1. The fourth-order valence-corrected chi connectivity index (χ4v) is 1.67. The third kappa shape index (κ3) is 1.18. The number of fused-ring (bicyclic) bond motifs is 1. The standard InChI is InChI=1S/C11H10N4O/c1-6-3-2-4-8-9(6)14-11(16-8)7-5-13-15-10(7)12/h2-5H,1H3,(H3,12,13,15). The molecule has 0 amide bonds. The lowest BCUT2D eigenvalue weighted by molar-refractivity contribution is 0.620. The molecule has 5 heteroatoms. The normalized spacial score (nSPS) is 11.1. The third-order valence-electron chi connectivity index (χ3n) is 2.52. The number of hydrogen-bond donors (Lipinski definition) is 2. The fourth-order valence-electron chi connectivity index (χ4n) is 1.67. The number of nitrogens with zero attached hydrogens (tertiary/aromatic N) is 2. The average molecular weight is 214 g/mol. The van der Waals surface area contributed by atoms with Crippen molar-refractivity contribution in [3.8, 4) is 11.5 Å². The van der Waals surface area contributed by atoms with Gasteiger partial charge < -0.3 is 10.2 Å². The van der Waals surface area contributed by atoms with Gasteiger partial charge in [-0.1, -0.05) is 12.1 Å². The summed E-state index contributed by atoms with van der Waals surface area (Å²) in [5.74, 6) is 0.958. The largest absolute Gasteiger partial charge is 0.436 e. The van der Waals surface area contributed by atoms with Crippen LogP contribution < -0.4 is 5.73 Å². The van der Waals surface area contributed by atoms with E-state index < -0.39 is 0 Å². The number of aromatic nitrogens is 3. The number of nitrogens with two attached hydrogens (primary N) is 1. The maximum atomic E-state index is 5.71. The monoisotopic (exact) mass is 214 g/mol. The summed E-state index contributed by atoms with van der Waals surface area (Å²) in [5, 5.41) is 6.49. The van der Waals surface area contributed by atoms with Gasteiger partial charge in [-0.2, -0.15) is 5.10 Å². The Morgan fingerprint density at radius 1 is 1.38 bits per heavy atom. The molecule has 0 atom stereocenters. The first-order valence-corrected chi connectivity index (χ1v) is 4.91. The molecule has 0 aliphatic carbocycles. The maximum absolute atomic E-state index is 5.71. The van der Waals surface area contributed by atoms with E-state index in [1.807, 2.05) is 25.1 Å². The summed E-state index contributed by atoms with van der Waals surface area (Å²) in [7, 11) is 0. The molecule has 16 heavy (non-hydrogen) atoms. The second kappa shape index (κ2) is 3.10. The molecule has 0 aliphatic heterocycles. The number of anilines is 1. The van der Waals surface area contributed by atoms with Gasteiger partial charge in [0.1, 0.15) is 11.3 Å². The third-order valence-corrected chi connectivity index (χ3v) is 2.52. The molecular formula is C11H10N4O. The molecule has 3 aromatic rings. The number of benzene rings is 1. The van der Waals surface area contributed by atoms with Crippen molar-refractivity contribution in [2.45, 2.75) is 6.92 Å². The van der Waals surface area contributed by atoms with Gasteiger partial charge in [-0.25, -0.2) is 4.98 Å². The van der Waals surface area contributed by atoms with Crippen LogP contribution in [0.25, 0.3) is 22.6 Å². The van der Waals surface area contributed by atoms with Gasteiger partial charge in [0, 0.05) is 0 Å². The van der Waals surface area contributed by atoms with Gasteiger partial charge in [0.25, 0.3) is 0 Å². The highest BCUT2D eigenvalue weighted by Crippen LogP contribution is 2.28. The smallest absolute Gasteiger partial charge is 0.232 e. The minimum atomic E-state index is 0.462. The molecule has 0 saturated heterocycles. The van der Waals surface area contributed by atoms with E-state index >= 15 is 0 Å². The van der Waals surface area contributed by atoms with Crippen LogP contribution in [0, 0.1) is 6.92 Å². The predicted molar refractivity (Wildman–Crippen MR) is 60.7 cm³/mol. The predicted octanol–water partition coefficient (Wildman–Crippen LogP) is 2.11. The molecule has 0 radical (unpaired) electrons. The van der Waals surface area contributed by atoms with E-state index in [-0.39, 0.29) is 0 Å². The van der Waals surface area contributed by atoms with Crippen molar-refractivity contribution >= 4 is 16.9 Å². The minimum Gasteiger partial charge on any atom is -0.436 e. The van der Waals surface area contributed by atoms with E-state index in [4.69, 9.17) is 10.2 Å². The van der Waals surface area contributed by atoms with E-state index in [1.54, 1.807) is 6.20 Å². The van der Waals surface area contributed by atoms with Crippen molar-refractivity contribution in [2.24, 2.45) is 0 Å². The molecular weight excluding hydrogens is 204 g/mol. The molecule has 0 aliphatic rings. The molecule has 2 heterocycles. The van der Waals surface area contributed by atoms with Gasteiger partial charge in [-0.05, 0) is 18.6 Å². The Morgan fingerprint density at radius 3 is 2.94 bits per heavy atom. The lowest BCUT2D eigenvalue weighted by atomic mass is 10.2. The van der Waals surface area contributed by atoms with E-state index in [0.29, 0.717) is 17.3 Å². The summed E-state index contributed by atoms with van der Waals surface area (Å²) in [6.07, 6.45) is 1.61. The van der Waals surface area contributed by atoms with Crippen LogP contribution in [-0.2, 0) is 0 Å². The topological polar surface area (TPSA) is 80.7 Å². The summed E-state index contributed by atoms with van der Waals surface area (Å²) < 4.78 is 5.62. The number of H-pyrrole nitrogens is 1. The van der Waals surface area contributed by atoms with E-state index in [0.717, 1.165) is 16.7 Å². The van der Waals surface area contributed by atoms with E-state index in [2.05, 4.69) is 15.2 Å². The molecule has 0 fully saturated rings. The zero-order chi connectivity index (χ0) is 11.1. The molecule has 80 valence electrons. The number of para-hydroxylation sites is 1. The van der Waals surface area contributed by atoms with Crippen LogP contribution in [0.15, 0.2) is 28.8 Å². The van der Waals surface area contributed by atoms with Crippen LogP contribution >= 0.6 is 0 Å². The molecule has 3 N–H and O–H groups in total. The molecule has 0 saturated carbocycles. The van der Waals surface area contributed by atoms with Crippen LogP contribution in [0.2, 0.25) is 0 Å². The highest BCUT2D eigenvalue weighted by molar-refractivity contribution is 5.80. The molecule has 1 aromatic carbocycles.